The van der Waals surface area contributed by atoms with Crippen molar-refractivity contribution in [3.05, 3.63) is 65.2 Å². The summed E-state index contributed by atoms with van der Waals surface area (Å²) >= 11 is 1.79. The molecule has 0 spiro atoms. The van der Waals surface area contributed by atoms with Gasteiger partial charge >= 0.3 is 5.97 Å². The maximum atomic E-state index is 11.2. The molecule has 0 aromatic heterocycles. The number of rotatable bonds is 9. The Bertz CT molecular complexity index is 670. The minimum absolute atomic E-state index is 0.0348. The van der Waals surface area contributed by atoms with E-state index in [0.29, 0.717) is 0 Å². The lowest BCUT2D eigenvalue weighted by Crippen LogP contribution is -2.37. The predicted octanol–water partition coefficient (Wildman–Crippen LogP) is 4.04. The van der Waals surface area contributed by atoms with Crippen LogP contribution in [0, 0.1) is 6.92 Å². The molecule has 0 aliphatic carbocycles. The molecular formula is C20H25NO3S. The second-order valence-electron chi connectivity index (χ2n) is 6.05. The number of nitrogens with one attached hydrogen (secondary N) is 1. The molecule has 0 saturated heterocycles. The van der Waals surface area contributed by atoms with E-state index in [9.17, 15) is 9.90 Å². The number of carboxylic acids is 1. The summed E-state index contributed by atoms with van der Waals surface area (Å²) in [6.45, 7) is 3.75. The van der Waals surface area contributed by atoms with E-state index < -0.39 is 12.0 Å². The van der Waals surface area contributed by atoms with E-state index in [1.807, 2.05) is 24.3 Å². The zero-order chi connectivity index (χ0) is 18.2. The first-order valence-electron chi connectivity index (χ1n) is 8.25. The Balaban J connectivity index is 2.02. The van der Waals surface area contributed by atoms with Gasteiger partial charge < -0.3 is 9.84 Å². The highest BCUT2D eigenvalue weighted by Gasteiger charge is 2.18. The summed E-state index contributed by atoms with van der Waals surface area (Å²) < 4.78 is 5.20. The van der Waals surface area contributed by atoms with Gasteiger partial charge in [0.2, 0.25) is 0 Å². The Hall–Kier alpha value is -1.98. The maximum absolute atomic E-state index is 11.2. The lowest BCUT2D eigenvalue weighted by Gasteiger charge is -2.22. The van der Waals surface area contributed by atoms with Crippen LogP contribution in [-0.4, -0.2) is 30.0 Å². The number of hydrogen-bond donors (Lipinski definition) is 2. The Morgan fingerprint density at radius 2 is 1.80 bits per heavy atom. The van der Waals surface area contributed by atoms with Crippen LogP contribution in [0.2, 0.25) is 0 Å². The maximum Gasteiger partial charge on any atom is 0.320 e. The van der Waals surface area contributed by atoms with E-state index in [-0.39, 0.29) is 6.04 Å². The molecule has 2 rings (SSSR count). The molecule has 1 unspecified atom stereocenters. The third-order valence-electron chi connectivity index (χ3n) is 4.01. The minimum atomic E-state index is -0.845. The molecule has 2 N–H and O–H groups in total. The van der Waals surface area contributed by atoms with Gasteiger partial charge in [0, 0.05) is 17.5 Å². The number of aliphatic carboxylic acids is 1. The van der Waals surface area contributed by atoms with Crippen LogP contribution in [0.4, 0.5) is 0 Å². The fourth-order valence-corrected chi connectivity index (χ4v) is 3.50. The van der Waals surface area contributed by atoms with Crippen molar-refractivity contribution in [3.8, 4) is 5.75 Å². The van der Waals surface area contributed by atoms with Gasteiger partial charge in [0.25, 0.3) is 0 Å². The van der Waals surface area contributed by atoms with Crippen LogP contribution in [-0.2, 0) is 10.5 Å². The van der Waals surface area contributed by atoms with Gasteiger partial charge in [-0.2, -0.15) is 11.8 Å². The quantitative estimate of drug-likeness (QED) is 0.708. The van der Waals surface area contributed by atoms with Gasteiger partial charge in [-0.3, -0.25) is 10.1 Å². The monoisotopic (exact) mass is 359 g/mol. The number of hydrogen-bond acceptors (Lipinski definition) is 4. The molecule has 0 amide bonds. The summed E-state index contributed by atoms with van der Waals surface area (Å²) in [4.78, 5) is 11.2. The van der Waals surface area contributed by atoms with Gasteiger partial charge in [-0.15, -0.1) is 0 Å². The van der Waals surface area contributed by atoms with E-state index in [1.54, 1.807) is 25.8 Å². The molecule has 2 aromatic carbocycles. The number of ether oxygens (including phenoxy) is 1. The average Bonchev–Trinajstić information content (AvgIpc) is 2.62. The Kier molecular flexibility index (Phi) is 7.34. The molecule has 0 radical (unpaired) electrons. The van der Waals surface area contributed by atoms with Crippen molar-refractivity contribution >= 4 is 17.7 Å². The van der Waals surface area contributed by atoms with Crippen LogP contribution in [0.25, 0.3) is 0 Å². The first-order chi connectivity index (χ1) is 12.0. The van der Waals surface area contributed by atoms with Crippen molar-refractivity contribution in [1.82, 2.24) is 5.32 Å². The van der Waals surface area contributed by atoms with Crippen molar-refractivity contribution in [3.63, 3.8) is 0 Å². The number of thioether (sulfide) groups is 1. The van der Waals surface area contributed by atoms with Crippen LogP contribution in [0.5, 0.6) is 5.75 Å². The van der Waals surface area contributed by atoms with Crippen molar-refractivity contribution in [2.75, 3.05) is 12.9 Å². The van der Waals surface area contributed by atoms with E-state index in [0.717, 1.165) is 22.8 Å². The standard InChI is InChI=1S/C20H25NO3S/c1-14-4-6-16(7-5-14)12-25-13-19(21-15(2)20(22)23)17-8-10-18(24-3)11-9-17/h4-11,15,19,21H,12-13H2,1-3H3,(H,22,23)/t15-,19?/m0/s1. The molecule has 4 nitrogen and oxygen atoms in total. The largest absolute Gasteiger partial charge is 0.497 e. The molecule has 0 aliphatic rings. The number of methoxy groups -OCH3 is 1. The zero-order valence-electron chi connectivity index (χ0n) is 14.9. The molecule has 0 bridgehead atoms. The molecule has 0 saturated carbocycles. The molecular weight excluding hydrogens is 334 g/mol. The van der Waals surface area contributed by atoms with Crippen molar-refractivity contribution in [1.29, 1.82) is 0 Å². The molecule has 0 aliphatic heterocycles. The Morgan fingerprint density at radius 3 is 2.36 bits per heavy atom. The predicted molar refractivity (Wildman–Crippen MR) is 103 cm³/mol. The van der Waals surface area contributed by atoms with E-state index >= 15 is 0 Å². The summed E-state index contributed by atoms with van der Waals surface area (Å²) in [6, 6.07) is 15.6. The molecule has 0 fully saturated rings. The Morgan fingerprint density at radius 1 is 1.16 bits per heavy atom. The van der Waals surface area contributed by atoms with E-state index in [1.165, 1.54) is 11.1 Å². The van der Waals surface area contributed by atoms with Crippen LogP contribution < -0.4 is 10.1 Å². The van der Waals surface area contributed by atoms with Gasteiger partial charge in [0.1, 0.15) is 11.8 Å². The molecule has 134 valence electrons. The summed E-state index contributed by atoms with van der Waals surface area (Å²) in [7, 11) is 1.63. The van der Waals surface area contributed by atoms with E-state index in [4.69, 9.17) is 4.74 Å². The van der Waals surface area contributed by atoms with Gasteiger partial charge in [0.05, 0.1) is 7.11 Å². The fraction of sp³-hybridized carbons (Fsp3) is 0.350. The van der Waals surface area contributed by atoms with Crippen molar-refractivity contribution < 1.29 is 14.6 Å². The lowest BCUT2D eigenvalue weighted by molar-refractivity contribution is -0.139. The summed E-state index contributed by atoms with van der Waals surface area (Å²) in [6.07, 6.45) is 0. The van der Waals surface area contributed by atoms with Crippen LogP contribution >= 0.6 is 11.8 Å². The van der Waals surface area contributed by atoms with E-state index in [2.05, 4.69) is 36.5 Å². The summed E-state index contributed by atoms with van der Waals surface area (Å²) in [5.74, 6) is 1.64. The molecule has 0 heterocycles. The number of aryl methyl sites for hydroxylation is 1. The van der Waals surface area contributed by atoms with Gasteiger partial charge in [-0.25, -0.2) is 0 Å². The van der Waals surface area contributed by atoms with Gasteiger partial charge in [-0.05, 0) is 37.1 Å². The minimum Gasteiger partial charge on any atom is -0.497 e. The summed E-state index contributed by atoms with van der Waals surface area (Å²) in [5.41, 5.74) is 3.59. The highest BCUT2D eigenvalue weighted by atomic mass is 32.2. The first kappa shape index (κ1) is 19.3. The smallest absolute Gasteiger partial charge is 0.320 e. The van der Waals surface area contributed by atoms with Gasteiger partial charge in [0.15, 0.2) is 0 Å². The second kappa shape index (κ2) is 9.49. The third-order valence-corrected chi connectivity index (χ3v) is 5.12. The molecule has 25 heavy (non-hydrogen) atoms. The fourth-order valence-electron chi connectivity index (χ4n) is 2.43. The number of benzene rings is 2. The van der Waals surface area contributed by atoms with Crippen LogP contribution in [0.15, 0.2) is 48.5 Å². The van der Waals surface area contributed by atoms with Crippen molar-refractivity contribution in [2.45, 2.75) is 31.7 Å². The third kappa shape index (κ3) is 6.11. The van der Waals surface area contributed by atoms with Crippen LogP contribution in [0.1, 0.15) is 29.7 Å². The molecule has 2 aromatic rings. The van der Waals surface area contributed by atoms with Crippen LogP contribution in [0.3, 0.4) is 0 Å². The number of carboxylic acid groups (broad SMARTS) is 1. The lowest BCUT2D eigenvalue weighted by atomic mass is 10.1. The first-order valence-corrected chi connectivity index (χ1v) is 9.41. The second-order valence-corrected chi connectivity index (χ2v) is 7.08. The SMILES string of the molecule is COc1ccc(C(CSCc2ccc(C)cc2)N[C@@H](C)C(=O)O)cc1. The highest BCUT2D eigenvalue weighted by molar-refractivity contribution is 7.98. The van der Waals surface area contributed by atoms with Crippen molar-refractivity contribution in [2.24, 2.45) is 0 Å². The Labute approximate surface area is 153 Å². The average molecular weight is 359 g/mol. The molecule has 5 heteroatoms. The topological polar surface area (TPSA) is 58.6 Å². The number of carbonyl (C=O) groups is 1. The highest BCUT2D eigenvalue weighted by Crippen LogP contribution is 2.24. The normalized spacial score (nSPS) is 13.2. The zero-order valence-corrected chi connectivity index (χ0v) is 15.7. The molecule has 2 atom stereocenters. The summed E-state index contributed by atoms with van der Waals surface area (Å²) in [5, 5.41) is 12.4. The van der Waals surface area contributed by atoms with Gasteiger partial charge in [-0.1, -0.05) is 42.0 Å².